The highest BCUT2D eigenvalue weighted by atomic mass is 32.2. The van der Waals surface area contributed by atoms with Crippen LogP contribution in [0.4, 0.5) is 5.88 Å². The quantitative estimate of drug-likeness (QED) is 0.371. The lowest BCUT2D eigenvalue weighted by Crippen LogP contribution is -2.38. The Morgan fingerprint density at radius 1 is 1.32 bits per heavy atom. The second kappa shape index (κ2) is 12.9. The van der Waals surface area contributed by atoms with Crippen molar-refractivity contribution in [2.24, 2.45) is 0 Å². The lowest BCUT2D eigenvalue weighted by Gasteiger charge is -2.29. The van der Waals surface area contributed by atoms with Crippen molar-refractivity contribution in [2.45, 2.75) is 12.6 Å². The molecule has 170 valence electrons. The van der Waals surface area contributed by atoms with E-state index in [-0.39, 0.29) is 6.61 Å². The van der Waals surface area contributed by atoms with Crippen molar-refractivity contribution in [2.75, 3.05) is 69.5 Å². The third-order valence-corrected chi connectivity index (χ3v) is 6.06. The highest BCUT2D eigenvalue weighted by molar-refractivity contribution is 7.99. The number of methoxy groups -OCH3 is 1. The van der Waals surface area contributed by atoms with E-state index in [0.717, 1.165) is 47.3 Å². The molecule has 1 aliphatic heterocycles. The van der Waals surface area contributed by atoms with E-state index in [1.807, 2.05) is 30.0 Å². The van der Waals surface area contributed by atoms with Gasteiger partial charge in [-0.3, -0.25) is 4.90 Å². The number of benzene rings is 1. The fourth-order valence-electron chi connectivity index (χ4n) is 3.60. The van der Waals surface area contributed by atoms with E-state index >= 15 is 0 Å². The summed E-state index contributed by atoms with van der Waals surface area (Å²) in [4.78, 5) is 4.45. The van der Waals surface area contributed by atoms with Crippen molar-refractivity contribution in [1.82, 2.24) is 10.1 Å². The minimum absolute atomic E-state index is 0.265. The van der Waals surface area contributed by atoms with Gasteiger partial charge in [0.05, 0.1) is 31.5 Å². The first-order valence-corrected chi connectivity index (χ1v) is 11.8. The van der Waals surface area contributed by atoms with Gasteiger partial charge in [-0.15, -0.1) is 6.58 Å². The third-order valence-electron chi connectivity index (χ3n) is 5.12. The summed E-state index contributed by atoms with van der Waals surface area (Å²) in [5.41, 5.74) is 2.93. The highest BCUT2D eigenvalue weighted by Crippen LogP contribution is 2.33. The van der Waals surface area contributed by atoms with Crippen molar-refractivity contribution in [3.05, 3.63) is 48.6 Å². The number of ether oxygens (including phenoxy) is 2. The first-order valence-electron chi connectivity index (χ1n) is 10.7. The molecule has 1 aliphatic rings. The van der Waals surface area contributed by atoms with E-state index in [0.29, 0.717) is 32.8 Å². The van der Waals surface area contributed by atoms with Gasteiger partial charge in [-0.05, 0) is 0 Å². The second-order valence-electron chi connectivity index (χ2n) is 7.49. The predicted octanol–water partition coefficient (Wildman–Crippen LogP) is 2.91. The van der Waals surface area contributed by atoms with Crippen LogP contribution in [0.3, 0.4) is 0 Å². The van der Waals surface area contributed by atoms with Crippen LogP contribution in [-0.4, -0.2) is 85.9 Å². The maximum absolute atomic E-state index is 10.5. The van der Waals surface area contributed by atoms with Crippen LogP contribution in [0.25, 0.3) is 11.3 Å². The van der Waals surface area contributed by atoms with Crippen LogP contribution >= 0.6 is 11.8 Å². The summed E-state index contributed by atoms with van der Waals surface area (Å²) < 4.78 is 16.6. The molecule has 2 aromatic rings. The Labute approximate surface area is 189 Å². The van der Waals surface area contributed by atoms with Gasteiger partial charge in [-0.1, -0.05) is 41.6 Å². The van der Waals surface area contributed by atoms with Crippen LogP contribution in [0.2, 0.25) is 0 Å². The second-order valence-corrected chi connectivity index (χ2v) is 8.71. The van der Waals surface area contributed by atoms with Crippen molar-refractivity contribution >= 4 is 17.6 Å². The number of thioether (sulfide) groups is 1. The summed E-state index contributed by atoms with van der Waals surface area (Å²) >= 11 is 1.96. The Morgan fingerprint density at radius 2 is 2.10 bits per heavy atom. The van der Waals surface area contributed by atoms with Crippen molar-refractivity contribution < 1.29 is 19.1 Å². The number of aliphatic hydroxyl groups is 1. The molecule has 3 rings (SSSR count). The summed E-state index contributed by atoms with van der Waals surface area (Å²) in [7, 11) is 1.69. The molecule has 0 radical (unpaired) electrons. The molecule has 1 aromatic heterocycles. The minimum atomic E-state index is -0.605. The topological polar surface area (TPSA) is 71.2 Å². The molecule has 1 atom stereocenters. The predicted molar refractivity (Wildman–Crippen MR) is 126 cm³/mol. The lowest BCUT2D eigenvalue weighted by atomic mass is 10.1. The Hall–Kier alpha value is -1.84. The largest absolute Gasteiger partial charge is 0.389 e. The van der Waals surface area contributed by atoms with Gasteiger partial charge in [0.2, 0.25) is 5.88 Å². The van der Waals surface area contributed by atoms with E-state index < -0.39 is 6.10 Å². The maximum atomic E-state index is 10.5. The number of aliphatic hydroxyl groups excluding tert-OH is 1. The highest BCUT2D eigenvalue weighted by Gasteiger charge is 2.26. The monoisotopic (exact) mass is 447 g/mol. The zero-order valence-electron chi connectivity index (χ0n) is 18.2. The van der Waals surface area contributed by atoms with Gasteiger partial charge in [0.15, 0.2) is 0 Å². The van der Waals surface area contributed by atoms with Gasteiger partial charge in [0.25, 0.3) is 0 Å². The molecule has 0 bridgehead atoms. The summed E-state index contributed by atoms with van der Waals surface area (Å²) in [5, 5.41) is 14.9. The molecular weight excluding hydrogens is 414 g/mol. The molecule has 0 spiro atoms. The van der Waals surface area contributed by atoms with E-state index in [4.69, 9.17) is 14.0 Å². The number of rotatable bonds is 13. The van der Waals surface area contributed by atoms with Crippen LogP contribution in [0.5, 0.6) is 0 Å². The maximum Gasteiger partial charge on any atom is 0.232 e. The first kappa shape index (κ1) is 23.8. The van der Waals surface area contributed by atoms with E-state index in [2.05, 4.69) is 33.7 Å². The molecule has 8 heteroatoms. The number of hydrogen-bond acceptors (Lipinski definition) is 8. The van der Waals surface area contributed by atoms with Crippen LogP contribution in [0.15, 0.2) is 47.5 Å². The van der Waals surface area contributed by atoms with Crippen molar-refractivity contribution in [1.29, 1.82) is 0 Å². The molecule has 31 heavy (non-hydrogen) atoms. The number of nitrogens with zero attached hydrogens (tertiary/aromatic N) is 3. The fraction of sp³-hybridized carbons (Fsp3) is 0.522. The molecule has 0 aliphatic carbocycles. The van der Waals surface area contributed by atoms with Gasteiger partial charge in [-0.2, -0.15) is 11.8 Å². The normalized spacial score (nSPS) is 15.4. The number of aromatic nitrogens is 1. The molecule has 1 unspecified atom stereocenters. The van der Waals surface area contributed by atoms with E-state index in [1.165, 1.54) is 0 Å². The van der Waals surface area contributed by atoms with Crippen LogP contribution in [-0.2, 0) is 16.0 Å². The van der Waals surface area contributed by atoms with Crippen molar-refractivity contribution in [3.63, 3.8) is 0 Å². The molecule has 7 nitrogen and oxygen atoms in total. The first-order chi connectivity index (χ1) is 15.2. The van der Waals surface area contributed by atoms with Gasteiger partial charge in [0.1, 0.15) is 5.69 Å². The smallest absolute Gasteiger partial charge is 0.232 e. The third kappa shape index (κ3) is 7.08. The summed E-state index contributed by atoms with van der Waals surface area (Å²) in [5.74, 6) is 2.99. The van der Waals surface area contributed by atoms with Crippen molar-refractivity contribution in [3.8, 4) is 11.3 Å². The number of hydrogen-bond donors (Lipinski definition) is 1. The minimum Gasteiger partial charge on any atom is -0.389 e. The summed E-state index contributed by atoms with van der Waals surface area (Å²) in [6.45, 7) is 8.55. The SMILES string of the molecule is C=CCOCC(O)CN(CCOC)Cc1c(-c2ccccc2)noc1N1CCSCC1. The average Bonchev–Trinajstić information content (AvgIpc) is 3.22. The van der Waals surface area contributed by atoms with Crippen LogP contribution < -0.4 is 4.90 Å². The number of anilines is 1. The molecule has 1 fully saturated rings. The molecule has 1 N–H and O–H groups in total. The van der Waals surface area contributed by atoms with Crippen LogP contribution in [0, 0.1) is 0 Å². The van der Waals surface area contributed by atoms with Gasteiger partial charge in [0, 0.05) is 56.9 Å². The molecule has 0 amide bonds. The molecule has 2 heterocycles. The van der Waals surface area contributed by atoms with Gasteiger partial charge < -0.3 is 24.0 Å². The lowest BCUT2D eigenvalue weighted by molar-refractivity contribution is 0.0194. The zero-order valence-corrected chi connectivity index (χ0v) is 19.1. The molecule has 1 saturated heterocycles. The fourth-order valence-corrected chi connectivity index (χ4v) is 4.50. The van der Waals surface area contributed by atoms with Gasteiger partial charge >= 0.3 is 0 Å². The summed E-state index contributed by atoms with van der Waals surface area (Å²) in [6.07, 6.45) is 1.08. The molecule has 0 saturated carbocycles. The van der Waals surface area contributed by atoms with E-state index in [9.17, 15) is 5.11 Å². The van der Waals surface area contributed by atoms with Gasteiger partial charge in [-0.25, -0.2) is 0 Å². The standard InChI is InChI=1S/C23H33N3O4S/c1-3-12-29-18-20(27)16-25(9-13-28-2)17-21-22(19-7-5-4-6-8-19)24-30-23(21)26-10-14-31-15-11-26/h3-8,20,27H,1,9-18H2,2H3. The Balaban J connectivity index is 1.83. The van der Waals surface area contributed by atoms with Crippen LogP contribution in [0.1, 0.15) is 5.56 Å². The Kier molecular flexibility index (Phi) is 9.89. The Morgan fingerprint density at radius 3 is 2.81 bits per heavy atom. The molecule has 1 aromatic carbocycles. The zero-order chi connectivity index (χ0) is 21.9. The Bertz CT molecular complexity index is 780. The average molecular weight is 448 g/mol. The molecular formula is C23H33N3O4S. The van der Waals surface area contributed by atoms with E-state index in [1.54, 1.807) is 13.2 Å². The summed E-state index contributed by atoms with van der Waals surface area (Å²) in [6, 6.07) is 10.1.